The zero-order chi connectivity index (χ0) is 18.4. The summed E-state index contributed by atoms with van der Waals surface area (Å²) in [5.41, 5.74) is 0.869. The van der Waals surface area contributed by atoms with Crippen molar-refractivity contribution in [3.05, 3.63) is 48.0 Å². The molecule has 2 aromatic rings. The van der Waals surface area contributed by atoms with Crippen molar-refractivity contribution >= 4 is 27.3 Å². The van der Waals surface area contributed by atoms with E-state index in [1.54, 1.807) is 36.4 Å². The maximum absolute atomic E-state index is 12.6. The number of hydrogen-bond donors (Lipinski definition) is 2. The Balaban J connectivity index is 2.31. The third-order valence-corrected chi connectivity index (χ3v) is 4.77. The van der Waals surface area contributed by atoms with Gasteiger partial charge in [0.05, 0.1) is 36.9 Å². The molecule has 8 heteroatoms. The fourth-order valence-electron chi connectivity index (χ4n) is 2.10. The summed E-state index contributed by atoms with van der Waals surface area (Å²) in [6.07, 6.45) is 0. The first-order valence-electron chi connectivity index (χ1n) is 7.53. The monoisotopic (exact) mass is 364 g/mol. The summed E-state index contributed by atoms with van der Waals surface area (Å²) in [4.78, 5) is 12.6. The van der Waals surface area contributed by atoms with Crippen LogP contribution in [0.1, 0.15) is 17.3 Å². The lowest BCUT2D eigenvalue weighted by Crippen LogP contribution is -2.19. The van der Waals surface area contributed by atoms with Crippen LogP contribution in [0.15, 0.2) is 42.5 Å². The molecule has 1 amide bonds. The lowest BCUT2D eigenvalue weighted by molar-refractivity contribution is 0.102. The third-order valence-electron chi connectivity index (χ3n) is 3.47. The highest BCUT2D eigenvalue weighted by molar-refractivity contribution is 7.92. The van der Waals surface area contributed by atoms with Gasteiger partial charge in [-0.1, -0.05) is 12.1 Å². The molecule has 0 saturated heterocycles. The summed E-state index contributed by atoms with van der Waals surface area (Å²) in [6, 6.07) is 11.4. The Morgan fingerprint density at radius 3 is 2.40 bits per heavy atom. The summed E-state index contributed by atoms with van der Waals surface area (Å²) < 4.78 is 36.4. The van der Waals surface area contributed by atoms with Gasteiger partial charge in [-0.2, -0.15) is 0 Å². The van der Waals surface area contributed by atoms with E-state index in [-0.39, 0.29) is 17.0 Å². The Kier molecular flexibility index (Phi) is 5.87. The molecule has 0 radical (unpaired) electrons. The van der Waals surface area contributed by atoms with Gasteiger partial charge in [0.15, 0.2) is 0 Å². The third kappa shape index (κ3) is 4.63. The number of hydrogen-bond acceptors (Lipinski definition) is 5. The first-order chi connectivity index (χ1) is 11.9. The molecule has 134 valence electrons. The molecule has 0 atom stereocenters. The number of carbonyl (C=O) groups is 1. The second-order valence-electron chi connectivity index (χ2n) is 5.07. The fourth-order valence-corrected chi connectivity index (χ4v) is 2.76. The normalized spacial score (nSPS) is 10.8. The topological polar surface area (TPSA) is 93.7 Å². The van der Waals surface area contributed by atoms with E-state index in [0.29, 0.717) is 17.2 Å². The number of benzene rings is 2. The highest BCUT2D eigenvalue weighted by Gasteiger charge is 2.17. The number of methoxy groups -OCH3 is 2. The molecule has 2 rings (SSSR count). The molecular weight excluding hydrogens is 344 g/mol. The molecule has 2 aromatic carbocycles. The average molecular weight is 364 g/mol. The number of carbonyl (C=O) groups excluding carboxylic acids is 1. The molecule has 0 heterocycles. The molecule has 0 aliphatic rings. The minimum absolute atomic E-state index is 0.0880. The number of para-hydroxylation sites is 1. The van der Waals surface area contributed by atoms with E-state index in [1.165, 1.54) is 27.2 Å². The number of ether oxygens (including phenoxy) is 2. The lowest BCUT2D eigenvalue weighted by Gasteiger charge is -2.14. The SMILES string of the molecule is CCS(=O)(=O)Nc1ccccc1C(=O)Nc1ccc(OC)cc1OC. The fraction of sp³-hybridized carbons (Fsp3) is 0.235. The van der Waals surface area contributed by atoms with Crippen LogP contribution in [-0.2, 0) is 10.0 Å². The van der Waals surface area contributed by atoms with E-state index >= 15 is 0 Å². The van der Waals surface area contributed by atoms with Gasteiger partial charge in [0.2, 0.25) is 10.0 Å². The second-order valence-corrected chi connectivity index (χ2v) is 7.08. The van der Waals surface area contributed by atoms with E-state index in [9.17, 15) is 13.2 Å². The standard InChI is InChI=1S/C17H20N2O5S/c1-4-25(21,22)19-14-8-6-5-7-13(14)17(20)18-15-10-9-12(23-2)11-16(15)24-3/h5-11,19H,4H2,1-3H3,(H,18,20). The highest BCUT2D eigenvalue weighted by Crippen LogP contribution is 2.30. The summed E-state index contributed by atoms with van der Waals surface area (Å²) >= 11 is 0. The van der Waals surface area contributed by atoms with Gasteiger partial charge in [0, 0.05) is 6.07 Å². The Labute approximate surface area is 147 Å². The van der Waals surface area contributed by atoms with E-state index in [4.69, 9.17) is 9.47 Å². The molecule has 7 nitrogen and oxygen atoms in total. The Morgan fingerprint density at radius 1 is 1.04 bits per heavy atom. The van der Waals surface area contributed by atoms with Crippen molar-refractivity contribution in [3.63, 3.8) is 0 Å². The summed E-state index contributed by atoms with van der Waals surface area (Å²) in [5, 5.41) is 2.72. The number of amides is 1. The Morgan fingerprint density at radius 2 is 1.76 bits per heavy atom. The van der Waals surface area contributed by atoms with Crippen molar-refractivity contribution in [2.24, 2.45) is 0 Å². The van der Waals surface area contributed by atoms with Crippen molar-refractivity contribution < 1.29 is 22.7 Å². The van der Waals surface area contributed by atoms with Crippen molar-refractivity contribution in [2.75, 3.05) is 30.0 Å². The molecule has 0 aliphatic carbocycles. The molecule has 25 heavy (non-hydrogen) atoms. The Bertz CT molecular complexity index is 865. The van der Waals surface area contributed by atoms with Gasteiger partial charge in [0.1, 0.15) is 11.5 Å². The number of rotatable bonds is 7. The molecular formula is C17H20N2O5S. The predicted octanol–water partition coefficient (Wildman–Crippen LogP) is 2.72. The minimum Gasteiger partial charge on any atom is -0.497 e. The summed E-state index contributed by atoms with van der Waals surface area (Å²) in [5.74, 6) is 0.470. The molecule has 0 bridgehead atoms. The van der Waals surface area contributed by atoms with E-state index < -0.39 is 15.9 Å². The molecule has 0 fully saturated rings. The highest BCUT2D eigenvalue weighted by atomic mass is 32.2. The number of anilines is 2. The van der Waals surface area contributed by atoms with Crippen molar-refractivity contribution in [1.29, 1.82) is 0 Å². The molecule has 0 aromatic heterocycles. The van der Waals surface area contributed by atoms with Gasteiger partial charge in [-0.05, 0) is 31.2 Å². The minimum atomic E-state index is -3.49. The smallest absolute Gasteiger partial charge is 0.257 e. The van der Waals surface area contributed by atoms with Gasteiger partial charge in [0.25, 0.3) is 5.91 Å². The van der Waals surface area contributed by atoms with Crippen LogP contribution in [0, 0.1) is 0 Å². The van der Waals surface area contributed by atoms with Crippen LogP contribution in [-0.4, -0.2) is 34.3 Å². The van der Waals surface area contributed by atoms with Crippen molar-refractivity contribution in [3.8, 4) is 11.5 Å². The van der Waals surface area contributed by atoms with Gasteiger partial charge in [-0.15, -0.1) is 0 Å². The zero-order valence-corrected chi connectivity index (χ0v) is 15.0. The summed E-state index contributed by atoms with van der Waals surface area (Å²) in [6.45, 7) is 1.52. The summed E-state index contributed by atoms with van der Waals surface area (Å²) in [7, 11) is -0.484. The van der Waals surface area contributed by atoms with Crippen molar-refractivity contribution in [1.82, 2.24) is 0 Å². The molecule has 2 N–H and O–H groups in total. The number of sulfonamides is 1. The van der Waals surface area contributed by atoms with E-state index in [1.807, 2.05) is 0 Å². The largest absolute Gasteiger partial charge is 0.497 e. The van der Waals surface area contributed by atoms with Gasteiger partial charge in [-0.3, -0.25) is 9.52 Å². The molecule has 0 spiro atoms. The van der Waals surface area contributed by atoms with Crippen LogP contribution < -0.4 is 19.5 Å². The maximum atomic E-state index is 12.6. The molecule has 0 unspecified atom stereocenters. The maximum Gasteiger partial charge on any atom is 0.257 e. The molecule has 0 saturated carbocycles. The number of nitrogens with one attached hydrogen (secondary N) is 2. The van der Waals surface area contributed by atoms with E-state index in [2.05, 4.69) is 10.0 Å². The van der Waals surface area contributed by atoms with Crippen molar-refractivity contribution in [2.45, 2.75) is 6.92 Å². The van der Waals surface area contributed by atoms with Crippen LogP contribution in [0.3, 0.4) is 0 Å². The van der Waals surface area contributed by atoms with Crippen LogP contribution in [0.4, 0.5) is 11.4 Å². The quantitative estimate of drug-likeness (QED) is 0.788. The first-order valence-corrected chi connectivity index (χ1v) is 9.18. The van der Waals surface area contributed by atoms with Gasteiger partial charge in [-0.25, -0.2) is 8.42 Å². The van der Waals surface area contributed by atoms with E-state index in [0.717, 1.165) is 0 Å². The van der Waals surface area contributed by atoms with Crippen LogP contribution in [0.25, 0.3) is 0 Å². The first kappa shape index (κ1) is 18.6. The van der Waals surface area contributed by atoms with Crippen LogP contribution in [0.5, 0.6) is 11.5 Å². The predicted molar refractivity (Wildman–Crippen MR) is 97.0 cm³/mol. The Hall–Kier alpha value is -2.74. The van der Waals surface area contributed by atoms with Crippen LogP contribution >= 0.6 is 0 Å². The van der Waals surface area contributed by atoms with Crippen LogP contribution in [0.2, 0.25) is 0 Å². The average Bonchev–Trinajstić information content (AvgIpc) is 2.62. The lowest BCUT2D eigenvalue weighted by atomic mass is 10.1. The van der Waals surface area contributed by atoms with Gasteiger partial charge < -0.3 is 14.8 Å². The van der Waals surface area contributed by atoms with Gasteiger partial charge >= 0.3 is 0 Å². The molecule has 0 aliphatic heterocycles. The second kappa shape index (κ2) is 7.89. The zero-order valence-electron chi connectivity index (χ0n) is 14.2.